The highest BCUT2D eigenvalue weighted by molar-refractivity contribution is 5.95. The molecule has 0 saturated carbocycles. The van der Waals surface area contributed by atoms with Gasteiger partial charge in [-0.15, -0.1) is 0 Å². The molecule has 182 valence electrons. The highest BCUT2D eigenvalue weighted by Crippen LogP contribution is 2.37. The minimum Gasteiger partial charge on any atom is -0.494 e. The number of carbonyl (C=O) groups excluding carboxylic acids is 1. The van der Waals surface area contributed by atoms with Gasteiger partial charge in [-0.25, -0.2) is 9.97 Å². The zero-order valence-corrected chi connectivity index (χ0v) is 20.6. The van der Waals surface area contributed by atoms with E-state index in [0.717, 1.165) is 36.5 Å². The molecular formula is C27H26N6O3. The van der Waals surface area contributed by atoms with E-state index in [2.05, 4.69) is 32.8 Å². The predicted octanol–water partition coefficient (Wildman–Crippen LogP) is 4.38. The topological polar surface area (TPSA) is 108 Å². The number of anilines is 1. The number of furan rings is 1. The number of methoxy groups -OCH3 is 1. The third kappa shape index (κ3) is 4.11. The van der Waals surface area contributed by atoms with Crippen LogP contribution < -0.4 is 9.64 Å². The molecule has 0 aliphatic carbocycles. The molecule has 9 nitrogen and oxygen atoms in total. The second-order valence-electron chi connectivity index (χ2n) is 9.20. The summed E-state index contributed by atoms with van der Waals surface area (Å²) in [5, 5.41) is 9.83. The van der Waals surface area contributed by atoms with E-state index in [4.69, 9.17) is 9.15 Å². The minimum atomic E-state index is -0.173. The highest BCUT2D eigenvalue weighted by Gasteiger charge is 2.24. The second-order valence-corrected chi connectivity index (χ2v) is 9.20. The van der Waals surface area contributed by atoms with Crippen molar-refractivity contribution in [3.8, 4) is 34.4 Å². The molecule has 1 aliphatic heterocycles. The first kappa shape index (κ1) is 23.3. The number of nitrogens with zero attached hydrogens (tertiary/aromatic N) is 6. The third-order valence-corrected chi connectivity index (χ3v) is 6.39. The predicted molar refractivity (Wildman–Crippen MR) is 136 cm³/mol. The molecule has 1 amide bonds. The van der Waals surface area contributed by atoms with Crippen LogP contribution in [0, 0.1) is 17.2 Å². The van der Waals surface area contributed by atoms with E-state index in [1.807, 2.05) is 12.1 Å². The summed E-state index contributed by atoms with van der Waals surface area (Å²) in [6.45, 7) is 4.01. The standard InChI is InChI=1S/C27H26N6O3/c1-16-6-8-33(15-16)26-17(12-28)9-18(13-31-26)20-5-7-29-21-11-23(36-25(20)21)24-22(35-4)10-19(14-30-24)27(34)32(2)3/h5,7,9-11,13-14,16H,6,8,15H2,1-4H3. The lowest BCUT2D eigenvalue weighted by atomic mass is 10.1. The Labute approximate surface area is 209 Å². The van der Waals surface area contributed by atoms with Gasteiger partial charge in [0.05, 0.1) is 18.2 Å². The number of hydrogen-bond acceptors (Lipinski definition) is 8. The lowest BCUT2D eigenvalue weighted by Gasteiger charge is -2.18. The summed E-state index contributed by atoms with van der Waals surface area (Å²) in [4.78, 5) is 29.6. The fourth-order valence-corrected chi connectivity index (χ4v) is 4.51. The maximum atomic E-state index is 12.3. The largest absolute Gasteiger partial charge is 0.494 e. The van der Waals surface area contributed by atoms with Crippen LogP contribution in [-0.4, -0.2) is 60.1 Å². The van der Waals surface area contributed by atoms with Gasteiger partial charge < -0.3 is 19.0 Å². The number of amides is 1. The highest BCUT2D eigenvalue weighted by atomic mass is 16.5. The molecule has 0 bridgehead atoms. The van der Waals surface area contributed by atoms with Crippen LogP contribution in [0.3, 0.4) is 0 Å². The van der Waals surface area contributed by atoms with Crippen molar-refractivity contribution >= 4 is 22.8 Å². The lowest BCUT2D eigenvalue weighted by Crippen LogP contribution is -2.21. The van der Waals surface area contributed by atoms with Gasteiger partial charge in [-0.3, -0.25) is 9.78 Å². The molecule has 36 heavy (non-hydrogen) atoms. The maximum absolute atomic E-state index is 12.3. The molecule has 4 aromatic heterocycles. The van der Waals surface area contributed by atoms with Crippen LogP contribution in [0.1, 0.15) is 29.3 Å². The van der Waals surface area contributed by atoms with Gasteiger partial charge in [-0.1, -0.05) is 6.92 Å². The number of carbonyl (C=O) groups is 1. The van der Waals surface area contributed by atoms with Crippen LogP contribution in [0.15, 0.2) is 47.3 Å². The lowest BCUT2D eigenvalue weighted by molar-refractivity contribution is 0.0827. The molecule has 0 aromatic carbocycles. The van der Waals surface area contributed by atoms with E-state index in [-0.39, 0.29) is 5.91 Å². The van der Waals surface area contributed by atoms with E-state index in [9.17, 15) is 10.1 Å². The number of pyridine rings is 3. The van der Waals surface area contributed by atoms with Crippen molar-refractivity contribution < 1.29 is 13.9 Å². The quantitative estimate of drug-likeness (QED) is 0.412. The van der Waals surface area contributed by atoms with Gasteiger partial charge in [0, 0.05) is 63.0 Å². The van der Waals surface area contributed by atoms with Gasteiger partial charge in [0.2, 0.25) is 0 Å². The molecule has 0 spiro atoms. The molecule has 4 aromatic rings. The molecule has 1 unspecified atom stereocenters. The van der Waals surface area contributed by atoms with Crippen molar-refractivity contribution in [2.75, 3.05) is 39.2 Å². The number of aromatic nitrogens is 3. The molecule has 1 fully saturated rings. The Morgan fingerprint density at radius 1 is 1.22 bits per heavy atom. The van der Waals surface area contributed by atoms with Crippen molar-refractivity contribution in [2.24, 2.45) is 5.92 Å². The van der Waals surface area contributed by atoms with Crippen molar-refractivity contribution in [1.82, 2.24) is 19.9 Å². The Hall–Kier alpha value is -4.45. The Kier molecular flexibility index (Phi) is 6.02. The Morgan fingerprint density at radius 2 is 2.06 bits per heavy atom. The molecule has 0 N–H and O–H groups in total. The first-order chi connectivity index (χ1) is 17.4. The average Bonchev–Trinajstić information content (AvgIpc) is 3.53. The minimum absolute atomic E-state index is 0.173. The van der Waals surface area contributed by atoms with Crippen LogP contribution in [0.4, 0.5) is 5.82 Å². The normalized spacial score (nSPS) is 15.2. The fraction of sp³-hybridized carbons (Fsp3) is 0.296. The summed E-state index contributed by atoms with van der Waals surface area (Å²) in [6, 6.07) is 9.43. The van der Waals surface area contributed by atoms with E-state index in [0.29, 0.717) is 45.3 Å². The summed E-state index contributed by atoms with van der Waals surface area (Å²) in [7, 11) is 4.88. The van der Waals surface area contributed by atoms with E-state index in [1.165, 1.54) is 18.2 Å². The van der Waals surface area contributed by atoms with Gasteiger partial charge >= 0.3 is 0 Å². The molecule has 1 aliphatic rings. The number of nitriles is 1. The van der Waals surface area contributed by atoms with Gasteiger partial charge in [0.15, 0.2) is 11.3 Å². The zero-order valence-electron chi connectivity index (χ0n) is 20.6. The van der Waals surface area contributed by atoms with Gasteiger partial charge in [0.25, 0.3) is 5.91 Å². The van der Waals surface area contributed by atoms with Crippen molar-refractivity contribution in [3.05, 3.63) is 54.0 Å². The van der Waals surface area contributed by atoms with Gasteiger partial charge in [-0.2, -0.15) is 5.26 Å². The second kappa shape index (κ2) is 9.30. The average molecular weight is 483 g/mol. The summed E-state index contributed by atoms with van der Waals surface area (Å²) >= 11 is 0. The van der Waals surface area contributed by atoms with E-state index in [1.54, 1.807) is 38.6 Å². The Balaban J connectivity index is 1.56. The maximum Gasteiger partial charge on any atom is 0.255 e. The van der Waals surface area contributed by atoms with Crippen LogP contribution in [-0.2, 0) is 0 Å². The van der Waals surface area contributed by atoms with Crippen molar-refractivity contribution in [1.29, 1.82) is 5.26 Å². The molecule has 0 radical (unpaired) electrons. The number of hydrogen-bond donors (Lipinski definition) is 0. The van der Waals surface area contributed by atoms with Crippen LogP contribution >= 0.6 is 0 Å². The van der Waals surface area contributed by atoms with E-state index >= 15 is 0 Å². The van der Waals surface area contributed by atoms with Crippen LogP contribution in [0.2, 0.25) is 0 Å². The van der Waals surface area contributed by atoms with Crippen molar-refractivity contribution in [2.45, 2.75) is 13.3 Å². The first-order valence-corrected chi connectivity index (χ1v) is 11.7. The molecule has 9 heteroatoms. The molecule has 5 rings (SSSR count). The molecule has 1 atom stereocenters. The number of ether oxygens (including phenoxy) is 1. The molecular weight excluding hydrogens is 456 g/mol. The Bertz CT molecular complexity index is 1500. The Morgan fingerprint density at radius 3 is 2.75 bits per heavy atom. The van der Waals surface area contributed by atoms with Crippen LogP contribution in [0.25, 0.3) is 33.7 Å². The van der Waals surface area contributed by atoms with Crippen molar-refractivity contribution in [3.63, 3.8) is 0 Å². The number of rotatable bonds is 5. The summed E-state index contributed by atoms with van der Waals surface area (Å²) in [5.74, 6) is 2.01. The SMILES string of the molecule is COc1cc(C(=O)N(C)C)cnc1-c1cc2nccc(-c3cnc(N4CCC(C)C4)c(C#N)c3)c2o1. The number of fused-ring (bicyclic) bond motifs is 1. The first-order valence-electron chi connectivity index (χ1n) is 11.7. The fourth-order valence-electron chi connectivity index (χ4n) is 4.51. The van der Waals surface area contributed by atoms with Gasteiger partial charge in [0.1, 0.15) is 28.8 Å². The molecule has 1 saturated heterocycles. The smallest absolute Gasteiger partial charge is 0.255 e. The zero-order chi connectivity index (χ0) is 25.4. The van der Waals surface area contributed by atoms with Gasteiger partial charge in [-0.05, 0) is 30.5 Å². The summed E-state index contributed by atoms with van der Waals surface area (Å²) in [6.07, 6.45) is 6.07. The van der Waals surface area contributed by atoms with Crippen LogP contribution in [0.5, 0.6) is 5.75 Å². The monoisotopic (exact) mass is 482 g/mol. The summed E-state index contributed by atoms with van der Waals surface area (Å²) in [5.41, 5.74) is 4.14. The molecule has 5 heterocycles. The third-order valence-electron chi connectivity index (χ3n) is 6.39. The van der Waals surface area contributed by atoms with E-state index < -0.39 is 0 Å². The summed E-state index contributed by atoms with van der Waals surface area (Å²) < 4.78 is 11.7.